The van der Waals surface area contributed by atoms with Gasteiger partial charge in [-0.1, -0.05) is 25.6 Å². The van der Waals surface area contributed by atoms with E-state index in [1.54, 1.807) is 0 Å². The van der Waals surface area contributed by atoms with Crippen LogP contribution in [0.2, 0.25) is 38.3 Å². The summed E-state index contributed by atoms with van der Waals surface area (Å²) in [7, 11) is -2.52. The van der Waals surface area contributed by atoms with Crippen LogP contribution in [0.1, 0.15) is 19.3 Å². The highest BCUT2D eigenvalue weighted by molar-refractivity contribution is 6.79. The zero-order valence-electron chi connectivity index (χ0n) is 11.3. The van der Waals surface area contributed by atoms with Gasteiger partial charge in [-0.2, -0.15) is 0 Å². The fourth-order valence-electron chi connectivity index (χ4n) is 2.33. The normalized spacial score (nSPS) is 25.4. The van der Waals surface area contributed by atoms with Crippen LogP contribution >= 0.6 is 0 Å². The molecule has 0 aromatic heterocycles. The van der Waals surface area contributed by atoms with Crippen LogP contribution in [0.5, 0.6) is 0 Å². The lowest BCUT2D eigenvalue weighted by Gasteiger charge is -2.22. The first-order chi connectivity index (χ1) is 7.37. The topological polar surface area (TPSA) is 50.7 Å². The molecule has 0 aromatic carbocycles. The maximum absolute atomic E-state index is 5.55. The summed E-state index contributed by atoms with van der Waals surface area (Å²) in [5.41, 5.74) is 6.15. The molecule has 0 aromatic rings. The fraction of sp³-hybridized carbons (Fsp3) is 1.00. The first-order valence-corrected chi connectivity index (χ1v) is 12.9. The van der Waals surface area contributed by atoms with Crippen LogP contribution < -0.4 is 5.73 Å². The third kappa shape index (κ3) is 4.10. The molecule has 0 radical (unpaired) electrons. The Hall–Kier alpha value is -0.00623. The van der Waals surface area contributed by atoms with Gasteiger partial charge in [0.05, 0.1) is 13.7 Å². The predicted molar refractivity (Wildman–Crippen MR) is 76.1 cm³/mol. The molecule has 94 valence electrons. The van der Waals surface area contributed by atoms with Gasteiger partial charge >= 0.3 is 0 Å². The van der Waals surface area contributed by atoms with Gasteiger partial charge in [-0.25, -0.2) is 9.89 Å². The van der Waals surface area contributed by atoms with Gasteiger partial charge in [-0.05, 0) is 38.5 Å². The highest BCUT2D eigenvalue weighted by Crippen LogP contribution is 2.32. The maximum atomic E-state index is 5.55. The van der Waals surface area contributed by atoms with Gasteiger partial charge in [-0.15, -0.1) is 0 Å². The molecule has 3 nitrogen and oxygen atoms in total. The molecule has 1 aliphatic heterocycles. The number of rotatable bonds is 5. The SMILES string of the molecule is C[Si](C)(CCCN)N=NC1CCC[Si]1(C)C. The van der Waals surface area contributed by atoms with Crippen molar-refractivity contribution in [1.82, 2.24) is 0 Å². The molecular formula is C11H27N3Si2. The highest BCUT2D eigenvalue weighted by Gasteiger charge is 2.37. The van der Waals surface area contributed by atoms with E-state index in [1.165, 1.54) is 24.9 Å². The van der Waals surface area contributed by atoms with E-state index in [-0.39, 0.29) is 0 Å². The zero-order valence-corrected chi connectivity index (χ0v) is 13.3. The Labute approximate surface area is 102 Å². The van der Waals surface area contributed by atoms with Gasteiger partial charge < -0.3 is 5.73 Å². The molecule has 1 unspecified atom stereocenters. The minimum atomic E-state index is -1.45. The van der Waals surface area contributed by atoms with Crippen molar-refractivity contribution in [3.05, 3.63) is 0 Å². The predicted octanol–water partition coefficient (Wildman–Crippen LogP) is 3.40. The van der Waals surface area contributed by atoms with E-state index in [2.05, 4.69) is 26.2 Å². The van der Waals surface area contributed by atoms with Gasteiger partial charge in [0.25, 0.3) is 0 Å². The molecule has 1 heterocycles. The molecule has 2 N–H and O–H groups in total. The van der Waals surface area contributed by atoms with E-state index in [4.69, 9.17) is 15.6 Å². The van der Waals surface area contributed by atoms with Gasteiger partial charge in [-0.3, -0.25) is 0 Å². The molecule has 1 fully saturated rings. The van der Waals surface area contributed by atoms with E-state index in [0.717, 1.165) is 13.0 Å². The van der Waals surface area contributed by atoms with Crippen LogP contribution in [-0.2, 0) is 0 Å². The highest BCUT2D eigenvalue weighted by atomic mass is 28.3. The Morgan fingerprint density at radius 3 is 2.56 bits per heavy atom. The summed E-state index contributed by atoms with van der Waals surface area (Å²) >= 11 is 0. The summed E-state index contributed by atoms with van der Waals surface area (Å²) in [4.78, 5) is 0. The molecule has 0 aliphatic carbocycles. The largest absolute Gasteiger partial charge is 0.330 e. The molecule has 0 amide bonds. The second-order valence-corrected chi connectivity index (χ2v) is 15.8. The minimum Gasteiger partial charge on any atom is -0.330 e. The molecule has 0 saturated carbocycles. The van der Waals surface area contributed by atoms with E-state index in [1.807, 2.05) is 0 Å². The molecule has 0 spiro atoms. The van der Waals surface area contributed by atoms with Crippen LogP contribution in [0, 0.1) is 0 Å². The van der Waals surface area contributed by atoms with Crippen molar-refractivity contribution in [2.75, 3.05) is 6.54 Å². The molecule has 16 heavy (non-hydrogen) atoms. The quantitative estimate of drug-likeness (QED) is 0.595. The fourth-order valence-corrected chi connectivity index (χ4v) is 6.87. The average molecular weight is 258 g/mol. The summed E-state index contributed by atoms with van der Waals surface area (Å²) in [5.74, 6) is 0. The van der Waals surface area contributed by atoms with Crippen molar-refractivity contribution in [2.45, 2.75) is 63.2 Å². The lowest BCUT2D eigenvalue weighted by molar-refractivity contribution is 0.766. The van der Waals surface area contributed by atoms with Crippen molar-refractivity contribution in [2.24, 2.45) is 15.6 Å². The van der Waals surface area contributed by atoms with Crippen molar-refractivity contribution >= 4 is 16.3 Å². The number of nitrogens with two attached hydrogens (primary N) is 1. The second-order valence-electron chi connectivity index (χ2n) is 6.32. The van der Waals surface area contributed by atoms with E-state index in [9.17, 15) is 0 Å². The molecule has 5 heteroatoms. The summed E-state index contributed by atoms with van der Waals surface area (Å²) in [6.45, 7) is 10.3. The summed E-state index contributed by atoms with van der Waals surface area (Å²) in [6.07, 6.45) is 3.75. The van der Waals surface area contributed by atoms with Crippen LogP contribution in [0.25, 0.3) is 0 Å². The van der Waals surface area contributed by atoms with Gasteiger partial charge in [0, 0.05) is 0 Å². The van der Waals surface area contributed by atoms with Gasteiger partial charge in [0.2, 0.25) is 8.24 Å². The summed E-state index contributed by atoms with van der Waals surface area (Å²) < 4.78 is 4.71. The van der Waals surface area contributed by atoms with Crippen molar-refractivity contribution in [3.8, 4) is 0 Å². The van der Waals surface area contributed by atoms with E-state index in [0.29, 0.717) is 5.67 Å². The minimum absolute atomic E-state index is 0.595. The van der Waals surface area contributed by atoms with Crippen LogP contribution in [0.3, 0.4) is 0 Å². The molecule has 1 saturated heterocycles. The van der Waals surface area contributed by atoms with Crippen molar-refractivity contribution in [1.29, 1.82) is 0 Å². The lowest BCUT2D eigenvalue weighted by atomic mass is 10.3. The Kier molecular flexibility index (Phi) is 4.88. The van der Waals surface area contributed by atoms with Crippen molar-refractivity contribution in [3.63, 3.8) is 0 Å². The number of hydrogen-bond donors (Lipinski definition) is 1. The molecule has 0 bridgehead atoms. The Morgan fingerprint density at radius 2 is 2.06 bits per heavy atom. The number of hydrogen-bond acceptors (Lipinski definition) is 3. The number of nitrogens with zero attached hydrogens (tertiary/aromatic N) is 2. The molecule has 1 atom stereocenters. The Bertz CT molecular complexity index is 252. The molecule has 1 aliphatic rings. The second kappa shape index (κ2) is 5.55. The monoisotopic (exact) mass is 257 g/mol. The van der Waals surface area contributed by atoms with Crippen molar-refractivity contribution < 1.29 is 0 Å². The summed E-state index contributed by atoms with van der Waals surface area (Å²) in [6, 6.07) is 2.61. The average Bonchev–Trinajstić information content (AvgIpc) is 2.52. The Morgan fingerprint density at radius 1 is 1.38 bits per heavy atom. The van der Waals surface area contributed by atoms with Crippen LogP contribution in [0.15, 0.2) is 9.89 Å². The molecular weight excluding hydrogens is 230 g/mol. The van der Waals surface area contributed by atoms with Gasteiger partial charge in [0.1, 0.15) is 0 Å². The van der Waals surface area contributed by atoms with Crippen LogP contribution in [-0.4, -0.2) is 28.5 Å². The van der Waals surface area contributed by atoms with Gasteiger partial charge in [0.15, 0.2) is 0 Å². The summed E-state index contributed by atoms with van der Waals surface area (Å²) in [5, 5.41) is 4.71. The molecule has 1 rings (SSSR count). The third-order valence-electron chi connectivity index (χ3n) is 3.66. The first-order valence-electron chi connectivity index (χ1n) is 6.49. The maximum Gasteiger partial charge on any atom is 0.203 e. The zero-order chi connectivity index (χ0) is 12.2. The van der Waals surface area contributed by atoms with Crippen LogP contribution in [0.4, 0.5) is 0 Å². The third-order valence-corrected chi connectivity index (χ3v) is 9.75. The van der Waals surface area contributed by atoms with E-state index < -0.39 is 16.3 Å². The lowest BCUT2D eigenvalue weighted by Crippen LogP contribution is -2.35. The standard InChI is InChI=1S/C11H27N3Si2/c1-15(2)9-5-7-11(15)13-14-16(3,4)10-6-8-12/h11H,5-10,12H2,1-4H3. The van der Waals surface area contributed by atoms with E-state index >= 15 is 0 Å². The Balaban J connectivity index is 2.52. The smallest absolute Gasteiger partial charge is 0.203 e. The first kappa shape index (κ1) is 14.1.